The van der Waals surface area contributed by atoms with Crippen LogP contribution < -0.4 is 5.73 Å². The summed E-state index contributed by atoms with van der Waals surface area (Å²) in [5.74, 6) is -1.06. The molecule has 0 fully saturated rings. The van der Waals surface area contributed by atoms with E-state index < -0.39 is 11.9 Å². The summed E-state index contributed by atoms with van der Waals surface area (Å²) >= 11 is 0. The highest BCUT2D eigenvalue weighted by atomic mass is 35.5. The minimum absolute atomic E-state index is 0. The quantitative estimate of drug-likeness (QED) is 0.841. The summed E-state index contributed by atoms with van der Waals surface area (Å²) in [6, 6.07) is 9.29. The van der Waals surface area contributed by atoms with Gasteiger partial charge in [0, 0.05) is 11.3 Å². The van der Waals surface area contributed by atoms with Crippen LogP contribution in [0.5, 0.6) is 0 Å². The lowest BCUT2D eigenvalue weighted by Crippen LogP contribution is -2.11. The van der Waals surface area contributed by atoms with Gasteiger partial charge < -0.3 is 20.2 Å². The maximum atomic E-state index is 11.9. The van der Waals surface area contributed by atoms with Gasteiger partial charge in [-0.15, -0.1) is 12.4 Å². The number of nitrogens with two attached hydrogens (primary N) is 1. The molecule has 118 valence electrons. The van der Waals surface area contributed by atoms with Gasteiger partial charge in [-0.1, -0.05) is 30.3 Å². The van der Waals surface area contributed by atoms with Crippen LogP contribution in [0, 0.1) is 0 Å². The number of rotatable bonds is 4. The molecule has 2 aromatic rings. The van der Waals surface area contributed by atoms with Gasteiger partial charge in [-0.2, -0.15) is 0 Å². The standard InChI is InChI=1S/C15H16N2O4.ClH/c1-20-11(18)8-10-12(15(19)21-2)13(16)14(17-10)9-6-4-3-5-7-9;/h3-7,17H,8,16H2,1-2H3;1H. The first kappa shape index (κ1) is 17.6. The van der Waals surface area contributed by atoms with Crippen molar-refractivity contribution in [3.05, 3.63) is 41.6 Å². The predicted octanol–water partition coefficient (Wildman–Crippen LogP) is 2.19. The van der Waals surface area contributed by atoms with Crippen LogP contribution in [0.3, 0.4) is 0 Å². The van der Waals surface area contributed by atoms with E-state index in [1.165, 1.54) is 14.2 Å². The number of halogens is 1. The molecule has 0 radical (unpaired) electrons. The van der Waals surface area contributed by atoms with E-state index in [-0.39, 0.29) is 30.1 Å². The van der Waals surface area contributed by atoms with Crippen LogP contribution in [0.1, 0.15) is 16.1 Å². The van der Waals surface area contributed by atoms with Gasteiger partial charge in [0.15, 0.2) is 0 Å². The largest absolute Gasteiger partial charge is 0.469 e. The molecule has 0 aliphatic carbocycles. The van der Waals surface area contributed by atoms with Gasteiger partial charge in [-0.25, -0.2) is 4.79 Å². The van der Waals surface area contributed by atoms with Crippen molar-refractivity contribution in [3.8, 4) is 11.3 Å². The predicted molar refractivity (Wildman–Crippen MR) is 84.9 cm³/mol. The normalized spacial score (nSPS) is 9.73. The van der Waals surface area contributed by atoms with Crippen molar-refractivity contribution in [2.45, 2.75) is 6.42 Å². The van der Waals surface area contributed by atoms with Gasteiger partial charge >= 0.3 is 11.9 Å². The van der Waals surface area contributed by atoms with Crippen LogP contribution >= 0.6 is 12.4 Å². The lowest BCUT2D eigenvalue weighted by molar-refractivity contribution is -0.139. The molecular formula is C15H17ClN2O4. The van der Waals surface area contributed by atoms with E-state index in [1.807, 2.05) is 30.3 Å². The van der Waals surface area contributed by atoms with E-state index in [9.17, 15) is 9.59 Å². The van der Waals surface area contributed by atoms with Crippen molar-refractivity contribution < 1.29 is 19.1 Å². The van der Waals surface area contributed by atoms with Crippen molar-refractivity contribution in [1.82, 2.24) is 4.98 Å². The topological polar surface area (TPSA) is 94.4 Å². The zero-order valence-corrected chi connectivity index (χ0v) is 13.0. The first-order valence-corrected chi connectivity index (χ1v) is 6.29. The average molecular weight is 325 g/mol. The monoisotopic (exact) mass is 324 g/mol. The number of H-pyrrole nitrogens is 1. The lowest BCUT2D eigenvalue weighted by atomic mass is 10.1. The van der Waals surface area contributed by atoms with Crippen molar-refractivity contribution in [3.63, 3.8) is 0 Å². The first-order chi connectivity index (χ1) is 10.1. The Bertz CT molecular complexity index is 668. The molecule has 0 saturated carbocycles. The van der Waals surface area contributed by atoms with Crippen molar-refractivity contribution in [2.75, 3.05) is 20.0 Å². The molecule has 1 aromatic heterocycles. The number of aromatic nitrogens is 1. The number of esters is 2. The molecule has 0 unspecified atom stereocenters. The number of nitrogen functional groups attached to an aromatic ring is 1. The van der Waals surface area contributed by atoms with Gasteiger partial charge in [0.1, 0.15) is 5.56 Å². The Labute approximate surface area is 134 Å². The van der Waals surface area contributed by atoms with Crippen LogP contribution in [0.25, 0.3) is 11.3 Å². The second-order valence-corrected chi connectivity index (χ2v) is 4.38. The Morgan fingerprint density at radius 2 is 1.77 bits per heavy atom. The van der Waals surface area contributed by atoms with E-state index in [4.69, 9.17) is 10.5 Å². The highest BCUT2D eigenvalue weighted by Crippen LogP contribution is 2.31. The number of ether oxygens (including phenoxy) is 2. The SMILES string of the molecule is COC(=O)Cc1[nH]c(-c2ccccc2)c(N)c1C(=O)OC.Cl. The lowest BCUT2D eigenvalue weighted by Gasteiger charge is -2.02. The summed E-state index contributed by atoms with van der Waals surface area (Å²) in [7, 11) is 2.55. The Balaban J connectivity index is 0.00000242. The molecule has 0 amide bonds. The van der Waals surface area contributed by atoms with E-state index >= 15 is 0 Å². The Morgan fingerprint density at radius 3 is 2.32 bits per heavy atom. The zero-order chi connectivity index (χ0) is 15.4. The summed E-state index contributed by atoms with van der Waals surface area (Å²) in [5, 5.41) is 0. The third kappa shape index (κ3) is 3.40. The molecule has 1 heterocycles. The number of anilines is 1. The number of methoxy groups -OCH3 is 2. The molecule has 7 heteroatoms. The molecule has 0 aliphatic rings. The van der Waals surface area contributed by atoms with Gasteiger partial charge in [-0.3, -0.25) is 4.79 Å². The summed E-state index contributed by atoms with van der Waals surface area (Å²) in [4.78, 5) is 26.4. The third-order valence-corrected chi connectivity index (χ3v) is 3.12. The van der Waals surface area contributed by atoms with Gasteiger partial charge in [-0.05, 0) is 0 Å². The van der Waals surface area contributed by atoms with E-state index in [0.717, 1.165) is 5.56 Å². The van der Waals surface area contributed by atoms with Gasteiger partial charge in [0.25, 0.3) is 0 Å². The maximum Gasteiger partial charge on any atom is 0.341 e. The summed E-state index contributed by atoms with van der Waals surface area (Å²) < 4.78 is 9.36. The maximum absolute atomic E-state index is 11.9. The molecule has 1 aromatic carbocycles. The number of aromatic amines is 1. The number of carbonyl (C=O) groups excluding carboxylic acids is 2. The molecule has 0 spiro atoms. The van der Waals surface area contributed by atoms with Crippen molar-refractivity contribution in [2.24, 2.45) is 0 Å². The van der Waals surface area contributed by atoms with Crippen molar-refractivity contribution in [1.29, 1.82) is 0 Å². The zero-order valence-electron chi connectivity index (χ0n) is 12.2. The number of nitrogens with one attached hydrogen (secondary N) is 1. The molecule has 2 rings (SSSR count). The molecule has 3 N–H and O–H groups in total. The summed E-state index contributed by atoms with van der Waals surface area (Å²) in [6.45, 7) is 0. The third-order valence-electron chi connectivity index (χ3n) is 3.12. The van der Waals surface area contributed by atoms with E-state index in [0.29, 0.717) is 11.4 Å². The molecule has 6 nitrogen and oxygen atoms in total. The van der Waals surface area contributed by atoms with Crippen LogP contribution in [0.2, 0.25) is 0 Å². The molecule has 0 aliphatic heterocycles. The molecular weight excluding hydrogens is 308 g/mol. The second kappa shape index (κ2) is 7.51. The fourth-order valence-corrected chi connectivity index (χ4v) is 2.09. The molecule has 22 heavy (non-hydrogen) atoms. The van der Waals surface area contributed by atoms with Crippen LogP contribution in [0.4, 0.5) is 5.69 Å². The average Bonchev–Trinajstić information content (AvgIpc) is 2.83. The Morgan fingerprint density at radius 1 is 1.14 bits per heavy atom. The molecule has 0 atom stereocenters. The fraction of sp³-hybridized carbons (Fsp3) is 0.200. The van der Waals surface area contributed by atoms with Crippen LogP contribution in [-0.2, 0) is 20.7 Å². The minimum atomic E-state index is -0.593. The van der Waals surface area contributed by atoms with Gasteiger partial charge in [0.05, 0.1) is 32.0 Å². The molecule has 0 bridgehead atoms. The summed E-state index contributed by atoms with van der Waals surface area (Å²) in [6.07, 6.45) is -0.0854. The first-order valence-electron chi connectivity index (χ1n) is 6.29. The number of hydrogen-bond acceptors (Lipinski definition) is 5. The smallest absolute Gasteiger partial charge is 0.341 e. The molecule has 0 saturated heterocycles. The Hall–Kier alpha value is -2.47. The fourth-order valence-electron chi connectivity index (χ4n) is 2.09. The van der Waals surface area contributed by atoms with Crippen LogP contribution in [0.15, 0.2) is 30.3 Å². The highest BCUT2D eigenvalue weighted by Gasteiger charge is 2.24. The minimum Gasteiger partial charge on any atom is -0.469 e. The summed E-state index contributed by atoms with van der Waals surface area (Å²) in [5.41, 5.74) is 8.24. The number of hydrogen-bond donors (Lipinski definition) is 2. The highest BCUT2D eigenvalue weighted by molar-refractivity contribution is 6.01. The number of carbonyl (C=O) groups is 2. The van der Waals surface area contributed by atoms with Crippen LogP contribution in [-0.4, -0.2) is 31.1 Å². The number of benzene rings is 1. The van der Waals surface area contributed by atoms with Crippen molar-refractivity contribution >= 4 is 30.0 Å². The Kier molecular flexibility index (Phi) is 6.00. The van der Waals surface area contributed by atoms with Gasteiger partial charge in [0.2, 0.25) is 0 Å². The second-order valence-electron chi connectivity index (χ2n) is 4.38. The van der Waals surface area contributed by atoms with E-state index in [1.54, 1.807) is 0 Å². The van der Waals surface area contributed by atoms with E-state index in [2.05, 4.69) is 9.72 Å².